The first-order valence-electron chi connectivity index (χ1n) is 5.15. The fourth-order valence-corrected chi connectivity index (χ4v) is 1.91. The zero-order valence-electron chi connectivity index (χ0n) is 8.36. The van der Waals surface area contributed by atoms with Crippen molar-refractivity contribution in [2.24, 2.45) is 5.92 Å². The second kappa shape index (κ2) is 4.43. The van der Waals surface area contributed by atoms with Crippen molar-refractivity contribution >= 4 is 6.29 Å². The van der Waals surface area contributed by atoms with Gasteiger partial charge in [-0.25, -0.2) is 4.39 Å². The SMILES string of the molecule is O=C[C@@H]1CC[C@@H](Oc2ccc(F)cc2)C1. The van der Waals surface area contributed by atoms with Crippen LogP contribution in [0.15, 0.2) is 24.3 Å². The van der Waals surface area contributed by atoms with Crippen LogP contribution in [0.4, 0.5) is 4.39 Å². The molecule has 15 heavy (non-hydrogen) atoms. The van der Waals surface area contributed by atoms with Crippen LogP contribution in [-0.2, 0) is 4.79 Å². The van der Waals surface area contributed by atoms with Gasteiger partial charge >= 0.3 is 0 Å². The number of ether oxygens (including phenoxy) is 1. The summed E-state index contributed by atoms with van der Waals surface area (Å²) in [6.07, 6.45) is 3.68. The highest BCUT2D eigenvalue weighted by Gasteiger charge is 2.25. The maximum absolute atomic E-state index is 12.6. The number of hydrogen-bond donors (Lipinski definition) is 0. The van der Waals surface area contributed by atoms with Crippen LogP contribution in [0.25, 0.3) is 0 Å². The van der Waals surface area contributed by atoms with Gasteiger partial charge in [-0.05, 0) is 43.5 Å². The number of benzene rings is 1. The molecule has 1 aromatic rings. The molecule has 2 atom stereocenters. The van der Waals surface area contributed by atoms with Gasteiger partial charge in [0, 0.05) is 5.92 Å². The molecule has 2 nitrogen and oxygen atoms in total. The van der Waals surface area contributed by atoms with Crippen molar-refractivity contribution in [2.75, 3.05) is 0 Å². The normalized spacial score (nSPS) is 25.1. The maximum Gasteiger partial charge on any atom is 0.123 e. The van der Waals surface area contributed by atoms with Crippen molar-refractivity contribution in [1.29, 1.82) is 0 Å². The van der Waals surface area contributed by atoms with Gasteiger partial charge in [0.25, 0.3) is 0 Å². The molecule has 0 radical (unpaired) electrons. The molecule has 0 unspecified atom stereocenters. The Morgan fingerprint density at radius 3 is 2.60 bits per heavy atom. The number of rotatable bonds is 3. The van der Waals surface area contributed by atoms with Crippen LogP contribution in [0.5, 0.6) is 5.75 Å². The molecule has 0 N–H and O–H groups in total. The molecular formula is C12H13FO2. The van der Waals surface area contributed by atoms with Gasteiger partial charge in [-0.15, -0.1) is 0 Å². The fraction of sp³-hybridized carbons (Fsp3) is 0.417. The molecular weight excluding hydrogens is 195 g/mol. The first kappa shape index (κ1) is 10.1. The second-order valence-corrected chi connectivity index (χ2v) is 3.90. The first-order valence-corrected chi connectivity index (χ1v) is 5.15. The Morgan fingerprint density at radius 2 is 2.00 bits per heavy atom. The second-order valence-electron chi connectivity index (χ2n) is 3.90. The van der Waals surface area contributed by atoms with Crippen LogP contribution in [0.2, 0.25) is 0 Å². The van der Waals surface area contributed by atoms with E-state index < -0.39 is 0 Å². The summed E-state index contributed by atoms with van der Waals surface area (Å²) in [6, 6.07) is 5.98. The van der Waals surface area contributed by atoms with Crippen molar-refractivity contribution in [3.8, 4) is 5.75 Å². The zero-order valence-corrected chi connectivity index (χ0v) is 8.36. The van der Waals surface area contributed by atoms with Crippen molar-refractivity contribution < 1.29 is 13.9 Å². The average molecular weight is 208 g/mol. The highest BCUT2D eigenvalue weighted by molar-refractivity contribution is 5.54. The first-order chi connectivity index (χ1) is 7.28. The standard InChI is InChI=1S/C12H13FO2/c13-10-2-5-11(6-3-10)15-12-4-1-9(7-12)8-14/h2-3,5-6,8-9,12H,1,4,7H2/t9-,12-/m1/s1. The molecule has 0 aromatic heterocycles. The van der Waals surface area contributed by atoms with Crippen molar-refractivity contribution in [2.45, 2.75) is 25.4 Å². The number of halogens is 1. The Balaban J connectivity index is 1.92. The molecule has 1 fully saturated rings. The lowest BCUT2D eigenvalue weighted by molar-refractivity contribution is -0.111. The molecule has 80 valence electrons. The van der Waals surface area contributed by atoms with Gasteiger partial charge < -0.3 is 9.53 Å². The molecule has 1 aliphatic rings. The van der Waals surface area contributed by atoms with E-state index in [1.165, 1.54) is 12.1 Å². The largest absolute Gasteiger partial charge is 0.490 e. The van der Waals surface area contributed by atoms with Crippen LogP contribution >= 0.6 is 0 Å². The van der Waals surface area contributed by atoms with Gasteiger partial charge in [-0.2, -0.15) is 0 Å². The number of carbonyl (C=O) groups excluding carboxylic acids is 1. The Kier molecular flexibility index (Phi) is 2.99. The molecule has 2 rings (SSSR count). The molecule has 0 heterocycles. The Labute approximate surface area is 88.1 Å². The predicted octanol–water partition coefficient (Wildman–Crippen LogP) is 2.57. The van der Waals surface area contributed by atoms with E-state index in [1.807, 2.05) is 0 Å². The minimum atomic E-state index is -0.264. The van der Waals surface area contributed by atoms with Gasteiger partial charge in [-0.1, -0.05) is 0 Å². The van der Waals surface area contributed by atoms with Crippen LogP contribution in [0, 0.1) is 11.7 Å². The summed E-state index contributed by atoms with van der Waals surface area (Å²) in [4.78, 5) is 10.5. The third-order valence-corrected chi connectivity index (χ3v) is 2.73. The summed E-state index contributed by atoms with van der Waals surface area (Å²) < 4.78 is 18.3. The van der Waals surface area contributed by atoms with Crippen molar-refractivity contribution in [3.63, 3.8) is 0 Å². The summed E-state index contributed by atoms with van der Waals surface area (Å²) in [5, 5.41) is 0. The predicted molar refractivity (Wildman–Crippen MR) is 54.2 cm³/mol. The van der Waals surface area contributed by atoms with Crippen molar-refractivity contribution in [1.82, 2.24) is 0 Å². The van der Waals surface area contributed by atoms with Crippen LogP contribution < -0.4 is 4.74 Å². The average Bonchev–Trinajstić information content (AvgIpc) is 2.69. The van der Waals surface area contributed by atoms with Gasteiger partial charge in [0.15, 0.2) is 0 Å². The summed E-state index contributed by atoms with van der Waals surface area (Å²) in [5.74, 6) is 0.544. The van der Waals surface area contributed by atoms with Gasteiger partial charge in [0.05, 0.1) is 6.10 Å². The van der Waals surface area contributed by atoms with E-state index in [4.69, 9.17) is 4.74 Å². The summed E-state index contributed by atoms with van der Waals surface area (Å²) in [6.45, 7) is 0. The Bertz CT molecular complexity index is 334. The molecule has 0 bridgehead atoms. The molecule has 1 aliphatic carbocycles. The lowest BCUT2D eigenvalue weighted by Crippen LogP contribution is -2.12. The third kappa shape index (κ3) is 2.55. The monoisotopic (exact) mass is 208 g/mol. The highest BCUT2D eigenvalue weighted by atomic mass is 19.1. The van der Waals surface area contributed by atoms with E-state index in [0.717, 1.165) is 25.5 Å². The topological polar surface area (TPSA) is 26.3 Å². The van der Waals surface area contributed by atoms with Gasteiger partial charge in [0.2, 0.25) is 0 Å². The highest BCUT2D eigenvalue weighted by Crippen LogP contribution is 2.27. The minimum absolute atomic E-state index is 0.102. The Morgan fingerprint density at radius 1 is 1.27 bits per heavy atom. The number of carbonyl (C=O) groups is 1. The third-order valence-electron chi connectivity index (χ3n) is 2.73. The molecule has 1 saturated carbocycles. The Hall–Kier alpha value is -1.38. The minimum Gasteiger partial charge on any atom is -0.490 e. The van der Waals surface area contributed by atoms with Gasteiger partial charge in [0.1, 0.15) is 17.9 Å². The maximum atomic E-state index is 12.6. The lowest BCUT2D eigenvalue weighted by Gasteiger charge is -2.12. The smallest absolute Gasteiger partial charge is 0.123 e. The van der Waals surface area contributed by atoms with Crippen LogP contribution in [0.3, 0.4) is 0 Å². The van der Waals surface area contributed by atoms with Crippen LogP contribution in [-0.4, -0.2) is 12.4 Å². The van der Waals surface area contributed by atoms with E-state index in [2.05, 4.69) is 0 Å². The lowest BCUT2D eigenvalue weighted by atomic mass is 10.1. The molecule has 0 amide bonds. The molecule has 0 aliphatic heterocycles. The molecule has 0 spiro atoms. The molecule has 1 aromatic carbocycles. The van der Waals surface area contributed by atoms with E-state index in [9.17, 15) is 9.18 Å². The summed E-state index contributed by atoms with van der Waals surface area (Å²) >= 11 is 0. The van der Waals surface area contributed by atoms with E-state index in [0.29, 0.717) is 5.75 Å². The van der Waals surface area contributed by atoms with Crippen LogP contribution in [0.1, 0.15) is 19.3 Å². The molecule has 0 saturated heterocycles. The number of aldehydes is 1. The fourth-order valence-electron chi connectivity index (χ4n) is 1.91. The van der Waals surface area contributed by atoms with E-state index in [-0.39, 0.29) is 17.8 Å². The quantitative estimate of drug-likeness (QED) is 0.713. The number of hydrogen-bond acceptors (Lipinski definition) is 2. The summed E-state index contributed by atoms with van der Waals surface area (Å²) in [7, 11) is 0. The van der Waals surface area contributed by atoms with Gasteiger partial charge in [-0.3, -0.25) is 0 Å². The van der Waals surface area contributed by atoms with Crippen molar-refractivity contribution in [3.05, 3.63) is 30.1 Å². The van der Waals surface area contributed by atoms with E-state index >= 15 is 0 Å². The zero-order chi connectivity index (χ0) is 10.7. The molecule has 3 heteroatoms. The summed E-state index contributed by atoms with van der Waals surface area (Å²) in [5.41, 5.74) is 0. The van der Waals surface area contributed by atoms with E-state index in [1.54, 1.807) is 12.1 Å².